The van der Waals surface area contributed by atoms with Crippen LogP contribution in [0.1, 0.15) is 18.4 Å². The first-order chi connectivity index (χ1) is 10.8. The van der Waals surface area contributed by atoms with Crippen LogP contribution >= 0.6 is 0 Å². The van der Waals surface area contributed by atoms with Crippen molar-refractivity contribution in [3.05, 3.63) is 84.4 Å². The van der Waals surface area contributed by atoms with Crippen LogP contribution in [-0.2, 0) is 0 Å². The Morgan fingerprint density at radius 3 is 1.82 bits per heavy atom. The Balaban J connectivity index is 2.18. The van der Waals surface area contributed by atoms with Gasteiger partial charge in [0.25, 0.3) is 0 Å². The van der Waals surface area contributed by atoms with Crippen molar-refractivity contribution in [1.82, 2.24) is 0 Å². The first kappa shape index (κ1) is 14.6. The molecule has 3 aromatic rings. The fourth-order valence-corrected chi connectivity index (χ4v) is 2.70. The van der Waals surface area contributed by atoms with Gasteiger partial charge in [-0.15, -0.1) is 0 Å². The lowest BCUT2D eigenvalue weighted by atomic mass is 9.90. The molecule has 1 nitrogen and oxygen atoms in total. The van der Waals surface area contributed by atoms with Crippen molar-refractivity contribution in [3.8, 4) is 22.3 Å². The molecule has 1 N–H and O–H groups in total. The van der Waals surface area contributed by atoms with Crippen molar-refractivity contribution in [2.45, 2.75) is 12.8 Å². The summed E-state index contributed by atoms with van der Waals surface area (Å²) in [4.78, 5) is 0. The van der Waals surface area contributed by atoms with Crippen molar-refractivity contribution in [1.29, 1.82) is 0 Å². The maximum Gasteiger partial charge on any atom is 0.0497 e. The standard InChI is InChI=1S/C21H20O/c1-16(15-22)19-12-13-20(17-8-4-2-5-9-17)21(14-19)18-10-6-3-7-11-18/h2-14,16,22H,15H2,1H3. The van der Waals surface area contributed by atoms with Crippen molar-refractivity contribution < 1.29 is 5.11 Å². The van der Waals surface area contributed by atoms with E-state index in [1.165, 1.54) is 27.8 Å². The smallest absolute Gasteiger partial charge is 0.0497 e. The minimum atomic E-state index is 0.146. The summed E-state index contributed by atoms with van der Waals surface area (Å²) in [5.74, 6) is 0.146. The second-order valence-electron chi connectivity index (χ2n) is 5.62. The van der Waals surface area contributed by atoms with Gasteiger partial charge >= 0.3 is 0 Å². The zero-order valence-corrected chi connectivity index (χ0v) is 12.7. The van der Waals surface area contributed by atoms with Crippen molar-refractivity contribution >= 4 is 0 Å². The highest BCUT2D eigenvalue weighted by Gasteiger charge is 2.11. The van der Waals surface area contributed by atoms with E-state index in [1.54, 1.807) is 0 Å². The monoisotopic (exact) mass is 288 g/mol. The molecule has 0 spiro atoms. The third-order valence-corrected chi connectivity index (χ3v) is 4.06. The van der Waals surface area contributed by atoms with Gasteiger partial charge in [-0.25, -0.2) is 0 Å². The largest absolute Gasteiger partial charge is 0.396 e. The molecule has 0 aromatic heterocycles. The van der Waals surface area contributed by atoms with Gasteiger partial charge in [0, 0.05) is 12.5 Å². The van der Waals surface area contributed by atoms with Gasteiger partial charge in [-0.1, -0.05) is 85.8 Å². The molecule has 0 aliphatic carbocycles. The molecule has 0 aliphatic heterocycles. The third kappa shape index (κ3) is 2.95. The number of benzene rings is 3. The first-order valence-corrected chi connectivity index (χ1v) is 7.65. The van der Waals surface area contributed by atoms with Gasteiger partial charge in [0.05, 0.1) is 0 Å². The summed E-state index contributed by atoms with van der Waals surface area (Å²) in [6, 6.07) is 27.4. The summed E-state index contributed by atoms with van der Waals surface area (Å²) in [6.45, 7) is 2.21. The zero-order valence-electron chi connectivity index (χ0n) is 12.7. The highest BCUT2D eigenvalue weighted by molar-refractivity contribution is 5.84. The average molecular weight is 288 g/mol. The van der Waals surface area contributed by atoms with Crippen LogP contribution in [0.4, 0.5) is 0 Å². The Bertz CT molecular complexity index is 732. The van der Waals surface area contributed by atoms with Crippen molar-refractivity contribution in [2.75, 3.05) is 6.61 Å². The number of hydrogen-bond acceptors (Lipinski definition) is 1. The average Bonchev–Trinajstić information content (AvgIpc) is 2.62. The highest BCUT2D eigenvalue weighted by atomic mass is 16.3. The quantitative estimate of drug-likeness (QED) is 0.706. The minimum Gasteiger partial charge on any atom is -0.396 e. The number of hydrogen-bond donors (Lipinski definition) is 1. The van der Waals surface area contributed by atoms with Gasteiger partial charge in [0.1, 0.15) is 0 Å². The van der Waals surface area contributed by atoms with Gasteiger partial charge in [-0.3, -0.25) is 0 Å². The topological polar surface area (TPSA) is 20.2 Å². The number of aliphatic hydroxyl groups excluding tert-OH is 1. The maximum atomic E-state index is 9.44. The zero-order chi connectivity index (χ0) is 15.4. The second kappa shape index (κ2) is 6.59. The fraction of sp³-hybridized carbons (Fsp3) is 0.143. The van der Waals surface area contributed by atoms with Crippen LogP contribution in [0, 0.1) is 0 Å². The molecule has 0 heterocycles. The molecule has 3 aromatic carbocycles. The number of rotatable bonds is 4. The normalized spacial score (nSPS) is 12.1. The van der Waals surface area contributed by atoms with Crippen LogP contribution in [0.5, 0.6) is 0 Å². The molecule has 0 fully saturated rings. The van der Waals surface area contributed by atoms with E-state index in [0.717, 1.165) is 0 Å². The maximum absolute atomic E-state index is 9.44. The van der Waals surface area contributed by atoms with Crippen LogP contribution in [0.15, 0.2) is 78.9 Å². The van der Waals surface area contributed by atoms with E-state index in [0.29, 0.717) is 0 Å². The Morgan fingerprint density at radius 2 is 1.27 bits per heavy atom. The van der Waals surface area contributed by atoms with E-state index in [1.807, 2.05) is 19.1 Å². The van der Waals surface area contributed by atoms with E-state index < -0.39 is 0 Å². The van der Waals surface area contributed by atoms with Crippen molar-refractivity contribution in [2.24, 2.45) is 0 Å². The molecule has 3 rings (SSSR count). The molecule has 0 bridgehead atoms. The summed E-state index contributed by atoms with van der Waals surface area (Å²) < 4.78 is 0. The Morgan fingerprint density at radius 1 is 0.727 bits per heavy atom. The van der Waals surface area contributed by atoms with E-state index in [-0.39, 0.29) is 12.5 Å². The van der Waals surface area contributed by atoms with Gasteiger partial charge in [-0.05, 0) is 27.8 Å². The van der Waals surface area contributed by atoms with Crippen LogP contribution in [-0.4, -0.2) is 11.7 Å². The molecule has 22 heavy (non-hydrogen) atoms. The van der Waals surface area contributed by atoms with E-state index in [2.05, 4.69) is 66.7 Å². The lowest BCUT2D eigenvalue weighted by Gasteiger charge is -2.15. The van der Waals surface area contributed by atoms with E-state index >= 15 is 0 Å². The summed E-state index contributed by atoms with van der Waals surface area (Å²) in [5, 5.41) is 9.44. The molecule has 1 heteroatoms. The van der Waals surface area contributed by atoms with Crippen LogP contribution in [0.2, 0.25) is 0 Å². The summed E-state index contributed by atoms with van der Waals surface area (Å²) in [6.07, 6.45) is 0. The van der Waals surface area contributed by atoms with Crippen molar-refractivity contribution in [3.63, 3.8) is 0 Å². The predicted molar refractivity (Wildman–Crippen MR) is 92.8 cm³/mol. The summed E-state index contributed by atoms with van der Waals surface area (Å²) in [5.41, 5.74) is 6.02. The van der Waals surface area contributed by atoms with Gasteiger partial charge in [0.2, 0.25) is 0 Å². The molecule has 0 amide bonds. The van der Waals surface area contributed by atoms with Crippen LogP contribution < -0.4 is 0 Å². The Hall–Kier alpha value is -2.38. The van der Waals surface area contributed by atoms with E-state index in [4.69, 9.17) is 0 Å². The summed E-state index contributed by atoms with van der Waals surface area (Å²) >= 11 is 0. The number of aliphatic hydroxyl groups is 1. The molecule has 0 aliphatic rings. The molecular formula is C21H20O. The van der Waals surface area contributed by atoms with E-state index in [9.17, 15) is 5.11 Å². The molecular weight excluding hydrogens is 268 g/mol. The SMILES string of the molecule is CC(CO)c1ccc(-c2ccccc2)c(-c2ccccc2)c1. The molecule has 1 atom stereocenters. The molecule has 110 valence electrons. The van der Waals surface area contributed by atoms with Crippen LogP contribution in [0.3, 0.4) is 0 Å². The van der Waals surface area contributed by atoms with Gasteiger partial charge in [-0.2, -0.15) is 0 Å². The Kier molecular flexibility index (Phi) is 4.36. The first-order valence-electron chi connectivity index (χ1n) is 7.65. The molecule has 0 saturated heterocycles. The van der Waals surface area contributed by atoms with Gasteiger partial charge < -0.3 is 5.11 Å². The van der Waals surface area contributed by atoms with Gasteiger partial charge in [0.15, 0.2) is 0 Å². The molecule has 0 saturated carbocycles. The molecule has 0 radical (unpaired) electrons. The minimum absolute atomic E-state index is 0.146. The lowest BCUT2D eigenvalue weighted by molar-refractivity contribution is 0.273. The summed E-state index contributed by atoms with van der Waals surface area (Å²) in [7, 11) is 0. The fourth-order valence-electron chi connectivity index (χ4n) is 2.70. The third-order valence-electron chi connectivity index (χ3n) is 4.06. The highest BCUT2D eigenvalue weighted by Crippen LogP contribution is 2.34. The predicted octanol–water partition coefficient (Wildman–Crippen LogP) is 5.12. The lowest BCUT2D eigenvalue weighted by Crippen LogP contribution is -1.99. The Labute approximate surface area is 131 Å². The molecule has 1 unspecified atom stereocenters. The van der Waals surface area contributed by atoms with Crippen LogP contribution in [0.25, 0.3) is 22.3 Å². The second-order valence-corrected chi connectivity index (χ2v) is 5.62.